The summed E-state index contributed by atoms with van der Waals surface area (Å²) in [7, 11) is -3.48. The molecule has 0 spiro atoms. The summed E-state index contributed by atoms with van der Waals surface area (Å²) in [4.78, 5) is -0.0518. The lowest BCUT2D eigenvalue weighted by molar-refractivity contribution is 0.105. The predicted molar refractivity (Wildman–Crippen MR) is 61.1 cm³/mol. The van der Waals surface area contributed by atoms with Gasteiger partial charge in [-0.2, -0.15) is 0 Å². The van der Waals surface area contributed by atoms with Crippen LogP contribution in [0.3, 0.4) is 0 Å². The van der Waals surface area contributed by atoms with Gasteiger partial charge in [-0.15, -0.1) is 0 Å². The molecule has 1 rings (SSSR count). The number of benzene rings is 1. The number of aliphatic hydroxyl groups is 2. The largest absolute Gasteiger partial charge is 0.394 e. The minimum atomic E-state index is -3.48. The number of hydrogen-bond donors (Lipinski definition) is 3. The van der Waals surface area contributed by atoms with Crippen molar-refractivity contribution in [2.45, 2.75) is 11.0 Å². The predicted octanol–water partition coefficient (Wildman–Crippen LogP) is -0.00570. The number of aliphatic hydroxyl groups excluding tert-OH is 2. The van der Waals surface area contributed by atoms with E-state index in [1.807, 2.05) is 0 Å². The van der Waals surface area contributed by atoms with Crippen LogP contribution in [0.15, 0.2) is 23.1 Å². The van der Waals surface area contributed by atoms with E-state index in [1.54, 1.807) is 0 Å². The zero-order chi connectivity index (χ0) is 13.1. The lowest BCUT2D eigenvalue weighted by Crippen LogP contribution is -2.23. The molecule has 5 nitrogen and oxygen atoms in total. The first kappa shape index (κ1) is 13.9. The smallest absolute Gasteiger partial charge is 0.177 e. The maximum atomic E-state index is 13.0. The van der Waals surface area contributed by atoms with Crippen LogP contribution in [0.1, 0.15) is 0 Å². The van der Waals surface area contributed by atoms with Crippen molar-refractivity contribution in [2.75, 3.05) is 24.7 Å². The Kier molecular flexibility index (Phi) is 4.44. The highest BCUT2D eigenvalue weighted by Gasteiger charge is 2.14. The average Bonchev–Trinajstić information content (AvgIpc) is 2.24. The zero-order valence-electron chi connectivity index (χ0n) is 9.22. The van der Waals surface area contributed by atoms with Gasteiger partial charge in [-0.25, -0.2) is 12.8 Å². The molecule has 96 valence electrons. The van der Waals surface area contributed by atoms with Crippen molar-refractivity contribution in [3.05, 3.63) is 24.0 Å². The van der Waals surface area contributed by atoms with E-state index < -0.39 is 28.4 Å². The minimum Gasteiger partial charge on any atom is -0.394 e. The molecule has 0 fully saturated rings. The number of halogens is 1. The summed E-state index contributed by atoms with van der Waals surface area (Å²) in [6, 6.07) is 3.23. The maximum Gasteiger partial charge on any atom is 0.177 e. The Bertz CT molecular complexity index is 489. The molecule has 1 aromatic rings. The van der Waals surface area contributed by atoms with Crippen LogP contribution in [-0.2, 0) is 9.84 Å². The molecule has 0 aromatic heterocycles. The second-order valence-electron chi connectivity index (χ2n) is 3.63. The summed E-state index contributed by atoms with van der Waals surface area (Å²) in [5, 5.41) is 20.3. The maximum absolute atomic E-state index is 13.0. The van der Waals surface area contributed by atoms with E-state index in [9.17, 15) is 12.8 Å². The van der Waals surface area contributed by atoms with Gasteiger partial charge in [0.05, 0.1) is 23.3 Å². The molecule has 0 saturated carbocycles. The quantitative estimate of drug-likeness (QED) is 0.651. The second kappa shape index (κ2) is 5.44. The highest BCUT2D eigenvalue weighted by molar-refractivity contribution is 7.90. The summed E-state index contributed by atoms with van der Waals surface area (Å²) in [6.07, 6.45) is -0.0286. The first-order chi connectivity index (χ1) is 7.84. The van der Waals surface area contributed by atoms with E-state index in [2.05, 4.69) is 5.32 Å². The molecule has 0 saturated heterocycles. The molecule has 0 aliphatic heterocycles. The minimum absolute atomic E-state index is 0.0518. The average molecular weight is 263 g/mol. The highest BCUT2D eigenvalue weighted by atomic mass is 32.2. The van der Waals surface area contributed by atoms with Gasteiger partial charge in [0.15, 0.2) is 9.84 Å². The van der Waals surface area contributed by atoms with Crippen molar-refractivity contribution in [1.29, 1.82) is 0 Å². The third-order valence-electron chi connectivity index (χ3n) is 2.08. The first-order valence-electron chi connectivity index (χ1n) is 4.87. The normalized spacial score (nSPS) is 13.4. The Morgan fingerprint density at radius 3 is 2.65 bits per heavy atom. The molecule has 3 N–H and O–H groups in total. The summed E-state index contributed by atoms with van der Waals surface area (Å²) in [6.45, 7) is -0.529. The fourth-order valence-electron chi connectivity index (χ4n) is 1.26. The third kappa shape index (κ3) is 3.95. The Balaban J connectivity index is 3.00. The van der Waals surface area contributed by atoms with Gasteiger partial charge in [-0.05, 0) is 18.2 Å². The zero-order valence-corrected chi connectivity index (χ0v) is 10.0. The van der Waals surface area contributed by atoms with Crippen LogP contribution in [0.4, 0.5) is 10.1 Å². The van der Waals surface area contributed by atoms with E-state index in [0.717, 1.165) is 24.5 Å². The van der Waals surface area contributed by atoms with Crippen LogP contribution in [0.25, 0.3) is 0 Å². The van der Waals surface area contributed by atoms with Crippen LogP contribution in [0.5, 0.6) is 0 Å². The molecule has 0 aliphatic carbocycles. The highest BCUT2D eigenvalue weighted by Crippen LogP contribution is 2.22. The van der Waals surface area contributed by atoms with Crippen molar-refractivity contribution < 1.29 is 23.0 Å². The Morgan fingerprint density at radius 1 is 1.47 bits per heavy atom. The van der Waals surface area contributed by atoms with Gasteiger partial charge in [0.2, 0.25) is 0 Å². The molecule has 17 heavy (non-hydrogen) atoms. The monoisotopic (exact) mass is 263 g/mol. The summed E-state index contributed by atoms with van der Waals surface area (Å²) in [5.74, 6) is -0.585. The van der Waals surface area contributed by atoms with E-state index in [0.29, 0.717) is 0 Å². The molecule has 0 bridgehead atoms. The van der Waals surface area contributed by atoms with E-state index >= 15 is 0 Å². The van der Waals surface area contributed by atoms with E-state index in [4.69, 9.17) is 10.2 Å². The van der Waals surface area contributed by atoms with Crippen molar-refractivity contribution in [1.82, 2.24) is 0 Å². The number of sulfone groups is 1. The van der Waals surface area contributed by atoms with Crippen molar-refractivity contribution in [3.8, 4) is 0 Å². The molecule has 1 atom stereocenters. The van der Waals surface area contributed by atoms with Gasteiger partial charge in [0.1, 0.15) is 5.82 Å². The lowest BCUT2D eigenvalue weighted by atomic mass is 10.3. The molecule has 1 aromatic carbocycles. The lowest BCUT2D eigenvalue weighted by Gasteiger charge is -2.13. The Hall–Kier alpha value is -1.18. The van der Waals surface area contributed by atoms with Crippen LogP contribution in [0.2, 0.25) is 0 Å². The van der Waals surface area contributed by atoms with Crippen LogP contribution in [-0.4, -0.2) is 44.1 Å². The number of anilines is 1. The van der Waals surface area contributed by atoms with Gasteiger partial charge in [-0.3, -0.25) is 0 Å². The summed E-state index contributed by atoms with van der Waals surface area (Å²) >= 11 is 0. The van der Waals surface area contributed by atoms with Crippen LogP contribution >= 0.6 is 0 Å². The molecule has 0 amide bonds. The number of hydrogen-bond acceptors (Lipinski definition) is 5. The SMILES string of the molecule is CS(=O)(=O)c1ccc(F)cc1NCC(O)CO. The van der Waals surface area contributed by atoms with Crippen molar-refractivity contribution >= 4 is 15.5 Å². The second-order valence-corrected chi connectivity index (χ2v) is 5.61. The Morgan fingerprint density at radius 2 is 2.12 bits per heavy atom. The molecule has 0 radical (unpaired) electrons. The fourth-order valence-corrected chi connectivity index (χ4v) is 2.10. The number of rotatable bonds is 5. The van der Waals surface area contributed by atoms with Crippen molar-refractivity contribution in [2.24, 2.45) is 0 Å². The molecule has 0 aliphatic rings. The van der Waals surface area contributed by atoms with Gasteiger partial charge in [0.25, 0.3) is 0 Å². The standard InChI is InChI=1S/C10H14FNO4S/c1-17(15,16)10-3-2-7(11)4-9(10)12-5-8(14)6-13/h2-4,8,12-14H,5-6H2,1H3. The van der Waals surface area contributed by atoms with Crippen molar-refractivity contribution in [3.63, 3.8) is 0 Å². The molecule has 1 unspecified atom stereocenters. The van der Waals surface area contributed by atoms with Gasteiger partial charge in [0, 0.05) is 12.8 Å². The van der Waals surface area contributed by atoms with Crippen LogP contribution in [0, 0.1) is 5.82 Å². The molecule has 7 heteroatoms. The van der Waals surface area contributed by atoms with Crippen LogP contribution < -0.4 is 5.32 Å². The number of nitrogens with one attached hydrogen (secondary N) is 1. The first-order valence-corrected chi connectivity index (χ1v) is 6.76. The molecular formula is C10H14FNO4S. The summed E-state index contributed by atoms with van der Waals surface area (Å²) in [5.41, 5.74) is 0.0694. The molecule has 0 heterocycles. The molecular weight excluding hydrogens is 249 g/mol. The van der Waals surface area contributed by atoms with E-state index in [-0.39, 0.29) is 17.1 Å². The van der Waals surface area contributed by atoms with Gasteiger partial charge in [-0.1, -0.05) is 0 Å². The summed E-state index contributed by atoms with van der Waals surface area (Å²) < 4.78 is 35.8. The Labute approximate surface area is 98.8 Å². The third-order valence-corrected chi connectivity index (χ3v) is 3.23. The topological polar surface area (TPSA) is 86.6 Å². The van der Waals surface area contributed by atoms with Gasteiger partial charge >= 0.3 is 0 Å². The fraction of sp³-hybridized carbons (Fsp3) is 0.400. The van der Waals surface area contributed by atoms with Gasteiger partial charge < -0.3 is 15.5 Å². The van der Waals surface area contributed by atoms with E-state index in [1.165, 1.54) is 0 Å².